The third-order valence-electron chi connectivity index (χ3n) is 2.51. The van der Waals surface area contributed by atoms with Crippen LogP contribution in [0.3, 0.4) is 0 Å². The lowest BCUT2D eigenvalue weighted by Gasteiger charge is -2.17. The summed E-state index contributed by atoms with van der Waals surface area (Å²) in [6, 6.07) is 0. The molecule has 0 N–H and O–H groups in total. The molecule has 0 saturated heterocycles. The van der Waals surface area contributed by atoms with E-state index in [4.69, 9.17) is 0 Å². The Hall–Kier alpha value is -1.73. The highest BCUT2D eigenvalue weighted by Crippen LogP contribution is 2.38. The van der Waals surface area contributed by atoms with E-state index >= 15 is 0 Å². The molecule has 0 bridgehead atoms. The van der Waals surface area contributed by atoms with Crippen LogP contribution in [0.4, 0.5) is 22.0 Å². The zero-order chi connectivity index (χ0) is 14.8. The van der Waals surface area contributed by atoms with E-state index in [2.05, 4.69) is 9.72 Å². The number of aromatic nitrogens is 1. The summed E-state index contributed by atoms with van der Waals surface area (Å²) in [5, 5.41) is 0. The van der Waals surface area contributed by atoms with Gasteiger partial charge in [0.25, 0.3) is 6.43 Å². The second-order valence-corrected chi connectivity index (χ2v) is 3.71. The summed E-state index contributed by atoms with van der Waals surface area (Å²) >= 11 is 0. The fourth-order valence-corrected chi connectivity index (χ4v) is 1.60. The molecule has 0 radical (unpaired) electrons. The molecular formula is C11H10F5NO2. The molecule has 0 aromatic carbocycles. The molecule has 0 aliphatic heterocycles. The summed E-state index contributed by atoms with van der Waals surface area (Å²) in [5.41, 5.74) is -3.37. The summed E-state index contributed by atoms with van der Waals surface area (Å²) in [5.74, 6) is -0.798. The maximum Gasteiger partial charge on any atom is 0.417 e. The summed E-state index contributed by atoms with van der Waals surface area (Å²) in [6.45, 7) is 1.000. The van der Waals surface area contributed by atoms with E-state index in [1.54, 1.807) is 0 Å². The topological polar surface area (TPSA) is 39.2 Å². The molecule has 1 heterocycles. The van der Waals surface area contributed by atoms with E-state index in [9.17, 15) is 26.7 Å². The number of hydrogen-bond donors (Lipinski definition) is 0. The number of esters is 1. The van der Waals surface area contributed by atoms with Crippen molar-refractivity contribution in [2.24, 2.45) is 0 Å². The molecule has 0 aliphatic carbocycles. The number of rotatable bonds is 3. The van der Waals surface area contributed by atoms with Crippen molar-refractivity contribution >= 4 is 5.97 Å². The number of halogens is 5. The highest BCUT2D eigenvalue weighted by atomic mass is 19.4. The molecule has 0 unspecified atom stereocenters. The van der Waals surface area contributed by atoms with E-state index in [1.807, 2.05) is 0 Å². The molecule has 0 fully saturated rings. The standard InChI is InChI=1S/C11H10F5NO2/c1-5-7(3-8(18)19-2)17-4-6(10(12)13)9(5)11(14,15)16/h4,10H,3H2,1-2H3. The number of ether oxygens (including phenoxy) is 1. The summed E-state index contributed by atoms with van der Waals surface area (Å²) in [4.78, 5) is 14.5. The lowest BCUT2D eigenvalue weighted by atomic mass is 10.0. The molecule has 3 nitrogen and oxygen atoms in total. The van der Waals surface area contributed by atoms with Gasteiger partial charge in [0.1, 0.15) is 0 Å². The van der Waals surface area contributed by atoms with Crippen LogP contribution in [0.15, 0.2) is 6.20 Å². The van der Waals surface area contributed by atoms with Crippen molar-refractivity contribution in [3.05, 3.63) is 28.6 Å². The van der Waals surface area contributed by atoms with Crippen molar-refractivity contribution < 1.29 is 31.5 Å². The first-order chi connectivity index (χ1) is 8.68. The third-order valence-corrected chi connectivity index (χ3v) is 2.51. The molecule has 1 aromatic heterocycles. The monoisotopic (exact) mass is 283 g/mol. The highest BCUT2D eigenvalue weighted by molar-refractivity contribution is 5.72. The smallest absolute Gasteiger partial charge is 0.417 e. The Balaban J connectivity index is 3.38. The predicted octanol–water partition coefficient (Wildman–Crippen LogP) is 3.06. The molecule has 1 aromatic rings. The van der Waals surface area contributed by atoms with Crippen LogP contribution >= 0.6 is 0 Å². The maximum atomic E-state index is 12.8. The van der Waals surface area contributed by atoms with E-state index in [-0.39, 0.29) is 5.69 Å². The fraction of sp³-hybridized carbons (Fsp3) is 0.455. The Morgan fingerprint density at radius 3 is 2.42 bits per heavy atom. The third kappa shape index (κ3) is 3.39. The summed E-state index contributed by atoms with van der Waals surface area (Å²) < 4.78 is 67.8. The first kappa shape index (κ1) is 15.3. The second-order valence-electron chi connectivity index (χ2n) is 3.71. The van der Waals surface area contributed by atoms with Crippen molar-refractivity contribution in [2.75, 3.05) is 7.11 Å². The van der Waals surface area contributed by atoms with Crippen LogP contribution in [-0.2, 0) is 22.1 Å². The van der Waals surface area contributed by atoms with Gasteiger partial charge in [0.05, 0.1) is 24.8 Å². The van der Waals surface area contributed by atoms with Crippen molar-refractivity contribution in [3.8, 4) is 0 Å². The van der Waals surface area contributed by atoms with E-state index in [0.717, 1.165) is 14.0 Å². The Kier molecular flexibility index (Phi) is 4.43. The minimum atomic E-state index is -4.94. The minimum Gasteiger partial charge on any atom is -0.469 e. The number of carbonyl (C=O) groups excluding carboxylic acids is 1. The molecular weight excluding hydrogens is 273 g/mol. The first-order valence-corrected chi connectivity index (χ1v) is 5.09. The molecule has 0 atom stereocenters. The number of hydrogen-bond acceptors (Lipinski definition) is 3. The first-order valence-electron chi connectivity index (χ1n) is 5.09. The normalized spacial score (nSPS) is 11.8. The zero-order valence-electron chi connectivity index (χ0n) is 10.0. The van der Waals surface area contributed by atoms with E-state index in [1.165, 1.54) is 0 Å². The van der Waals surface area contributed by atoms with E-state index < -0.39 is 41.7 Å². The molecule has 0 saturated carbocycles. The van der Waals surface area contributed by atoms with Crippen LogP contribution < -0.4 is 0 Å². The predicted molar refractivity (Wildman–Crippen MR) is 54.7 cm³/mol. The second kappa shape index (κ2) is 5.50. The van der Waals surface area contributed by atoms with Gasteiger partial charge in [-0.3, -0.25) is 9.78 Å². The lowest BCUT2D eigenvalue weighted by molar-refractivity contribution is -0.141. The van der Waals surface area contributed by atoms with Gasteiger partial charge in [0.2, 0.25) is 0 Å². The minimum absolute atomic E-state index is 0.233. The Labute approximate surface area is 105 Å². The van der Waals surface area contributed by atoms with Crippen molar-refractivity contribution in [2.45, 2.75) is 25.9 Å². The van der Waals surface area contributed by atoms with Gasteiger partial charge in [0, 0.05) is 11.8 Å². The molecule has 0 amide bonds. The van der Waals surface area contributed by atoms with Gasteiger partial charge in [-0.05, 0) is 12.5 Å². The Morgan fingerprint density at radius 2 is 2.00 bits per heavy atom. The van der Waals surface area contributed by atoms with Crippen LogP contribution in [0.25, 0.3) is 0 Å². The van der Waals surface area contributed by atoms with Crippen LogP contribution in [0, 0.1) is 6.92 Å². The average molecular weight is 283 g/mol. The number of methoxy groups -OCH3 is 1. The molecule has 19 heavy (non-hydrogen) atoms. The number of alkyl halides is 5. The van der Waals surface area contributed by atoms with Gasteiger partial charge in [0.15, 0.2) is 0 Å². The largest absolute Gasteiger partial charge is 0.469 e. The zero-order valence-corrected chi connectivity index (χ0v) is 10.0. The molecule has 0 spiro atoms. The van der Waals surface area contributed by atoms with Gasteiger partial charge in [-0.15, -0.1) is 0 Å². The molecule has 8 heteroatoms. The molecule has 0 aliphatic rings. The summed E-state index contributed by atoms with van der Waals surface area (Å²) in [7, 11) is 1.07. The Bertz CT molecular complexity index is 485. The molecule has 106 valence electrons. The fourth-order valence-electron chi connectivity index (χ4n) is 1.60. The van der Waals surface area contributed by atoms with Crippen molar-refractivity contribution in [3.63, 3.8) is 0 Å². The quantitative estimate of drug-likeness (QED) is 0.632. The maximum absolute atomic E-state index is 12.8. The van der Waals surface area contributed by atoms with Gasteiger partial charge >= 0.3 is 12.1 Å². The number of nitrogens with zero attached hydrogens (tertiary/aromatic N) is 1. The Morgan fingerprint density at radius 1 is 1.42 bits per heavy atom. The summed E-state index contributed by atoms with van der Waals surface area (Å²) in [6.07, 6.45) is -8.30. The van der Waals surface area contributed by atoms with Crippen LogP contribution in [0.5, 0.6) is 0 Å². The van der Waals surface area contributed by atoms with Crippen LogP contribution in [0.1, 0.15) is 28.8 Å². The van der Waals surface area contributed by atoms with Crippen molar-refractivity contribution in [1.82, 2.24) is 4.98 Å². The van der Waals surface area contributed by atoms with Crippen molar-refractivity contribution in [1.29, 1.82) is 0 Å². The SMILES string of the molecule is COC(=O)Cc1ncc(C(F)F)c(C(F)(F)F)c1C. The average Bonchev–Trinajstić information content (AvgIpc) is 2.29. The number of carbonyl (C=O) groups is 1. The van der Waals surface area contributed by atoms with E-state index in [0.29, 0.717) is 6.20 Å². The number of pyridine rings is 1. The van der Waals surface area contributed by atoms with Gasteiger partial charge in [-0.25, -0.2) is 8.78 Å². The highest BCUT2D eigenvalue weighted by Gasteiger charge is 2.38. The van der Waals surface area contributed by atoms with Gasteiger partial charge in [-0.2, -0.15) is 13.2 Å². The molecule has 1 rings (SSSR count). The van der Waals surface area contributed by atoms with Gasteiger partial charge in [-0.1, -0.05) is 0 Å². The van der Waals surface area contributed by atoms with Crippen LogP contribution in [0.2, 0.25) is 0 Å². The lowest BCUT2D eigenvalue weighted by Crippen LogP contribution is -2.17. The van der Waals surface area contributed by atoms with Gasteiger partial charge < -0.3 is 4.74 Å². The van der Waals surface area contributed by atoms with Crippen LogP contribution in [-0.4, -0.2) is 18.1 Å².